The van der Waals surface area contributed by atoms with E-state index in [0.29, 0.717) is 17.7 Å². The van der Waals surface area contributed by atoms with E-state index in [1.54, 1.807) is 13.0 Å². The molecule has 1 saturated heterocycles. The number of nitro groups is 1. The molecule has 0 aromatic heterocycles. The summed E-state index contributed by atoms with van der Waals surface area (Å²) in [6.45, 7) is 7.18. The van der Waals surface area contributed by atoms with Gasteiger partial charge in [-0.15, -0.1) is 12.4 Å². The Morgan fingerprint density at radius 3 is 2.67 bits per heavy atom. The van der Waals surface area contributed by atoms with Crippen LogP contribution in [0.15, 0.2) is 18.2 Å². The molecule has 1 fully saturated rings. The first-order chi connectivity index (χ1) is 9.40. The summed E-state index contributed by atoms with van der Waals surface area (Å²) in [5.74, 6) is -0.0572. The first-order valence-electron chi connectivity index (χ1n) is 6.69. The van der Waals surface area contributed by atoms with Crippen molar-refractivity contribution in [2.45, 2.75) is 32.9 Å². The fraction of sp³-hybridized carbons (Fsp3) is 0.500. The number of nitro benzene ring substituents is 1. The van der Waals surface area contributed by atoms with Crippen LogP contribution in [0, 0.1) is 17.0 Å². The Bertz CT molecular complexity index is 550. The number of amides is 1. The van der Waals surface area contributed by atoms with Gasteiger partial charge < -0.3 is 10.2 Å². The van der Waals surface area contributed by atoms with E-state index in [-0.39, 0.29) is 36.1 Å². The first-order valence-corrected chi connectivity index (χ1v) is 6.69. The smallest absolute Gasteiger partial charge is 0.269 e. The van der Waals surface area contributed by atoms with Crippen molar-refractivity contribution in [2.24, 2.45) is 0 Å². The Morgan fingerprint density at radius 2 is 2.10 bits per heavy atom. The fourth-order valence-corrected chi connectivity index (χ4v) is 2.46. The molecular formula is C14H20ClN3O3. The Morgan fingerprint density at radius 1 is 1.43 bits per heavy atom. The molecule has 21 heavy (non-hydrogen) atoms. The number of benzene rings is 1. The third kappa shape index (κ3) is 3.71. The van der Waals surface area contributed by atoms with Crippen LogP contribution < -0.4 is 5.32 Å². The number of rotatable bonds is 2. The SMILES string of the molecule is Cc1cc([N+](=O)[O-])ccc1C(=O)N1CC(C)NCC1C.Cl. The number of nitrogens with zero attached hydrogens (tertiary/aromatic N) is 2. The second-order valence-corrected chi connectivity index (χ2v) is 5.37. The average molecular weight is 314 g/mol. The van der Waals surface area contributed by atoms with Gasteiger partial charge in [0.25, 0.3) is 11.6 Å². The van der Waals surface area contributed by atoms with Crippen LogP contribution >= 0.6 is 12.4 Å². The number of non-ortho nitro benzene ring substituents is 1. The summed E-state index contributed by atoms with van der Waals surface area (Å²) in [4.78, 5) is 24.7. The van der Waals surface area contributed by atoms with Gasteiger partial charge in [-0.05, 0) is 32.4 Å². The standard InChI is InChI=1S/C14H19N3O3.ClH/c1-9-6-12(17(19)20)4-5-13(9)14(18)16-8-10(2)15-7-11(16)3;/h4-6,10-11,15H,7-8H2,1-3H3;1H. The van der Waals surface area contributed by atoms with Crippen LogP contribution in [0.5, 0.6) is 0 Å². The zero-order valence-electron chi connectivity index (χ0n) is 12.3. The molecule has 6 nitrogen and oxygen atoms in total. The maximum absolute atomic E-state index is 12.6. The molecular weight excluding hydrogens is 294 g/mol. The molecule has 1 N–H and O–H groups in total. The van der Waals surface area contributed by atoms with E-state index in [1.165, 1.54) is 12.1 Å². The molecule has 0 bridgehead atoms. The highest BCUT2D eigenvalue weighted by atomic mass is 35.5. The highest BCUT2D eigenvalue weighted by Gasteiger charge is 2.28. The lowest BCUT2D eigenvalue weighted by Gasteiger charge is -2.37. The maximum Gasteiger partial charge on any atom is 0.269 e. The summed E-state index contributed by atoms with van der Waals surface area (Å²) in [6, 6.07) is 4.76. The molecule has 1 aliphatic heterocycles. The molecule has 2 unspecified atom stereocenters. The van der Waals surface area contributed by atoms with E-state index < -0.39 is 4.92 Å². The van der Waals surface area contributed by atoms with Crippen molar-refractivity contribution in [3.8, 4) is 0 Å². The van der Waals surface area contributed by atoms with Crippen molar-refractivity contribution >= 4 is 24.0 Å². The van der Waals surface area contributed by atoms with Crippen LogP contribution in [0.25, 0.3) is 0 Å². The molecule has 0 radical (unpaired) electrons. The van der Waals surface area contributed by atoms with Crippen molar-refractivity contribution in [2.75, 3.05) is 13.1 Å². The molecule has 1 aliphatic rings. The normalized spacial score (nSPS) is 21.6. The largest absolute Gasteiger partial charge is 0.333 e. The van der Waals surface area contributed by atoms with Crippen LogP contribution in [0.3, 0.4) is 0 Å². The third-order valence-corrected chi connectivity index (χ3v) is 3.68. The highest BCUT2D eigenvalue weighted by Crippen LogP contribution is 2.20. The molecule has 0 spiro atoms. The lowest BCUT2D eigenvalue weighted by Crippen LogP contribution is -2.56. The second kappa shape index (κ2) is 6.87. The minimum atomic E-state index is -0.448. The molecule has 0 saturated carbocycles. The fourth-order valence-electron chi connectivity index (χ4n) is 2.46. The third-order valence-electron chi connectivity index (χ3n) is 3.68. The van der Waals surface area contributed by atoms with Gasteiger partial charge in [-0.1, -0.05) is 0 Å². The van der Waals surface area contributed by atoms with E-state index in [9.17, 15) is 14.9 Å². The first kappa shape index (κ1) is 17.4. The molecule has 2 rings (SSSR count). The Hall–Kier alpha value is -1.66. The Balaban J connectivity index is 0.00000220. The molecule has 7 heteroatoms. The van der Waals surface area contributed by atoms with Gasteiger partial charge in [0.2, 0.25) is 0 Å². The molecule has 116 valence electrons. The van der Waals surface area contributed by atoms with Gasteiger partial charge in [-0.3, -0.25) is 14.9 Å². The highest BCUT2D eigenvalue weighted by molar-refractivity contribution is 5.96. The van der Waals surface area contributed by atoms with Crippen LogP contribution in [-0.2, 0) is 0 Å². The molecule has 1 heterocycles. The lowest BCUT2D eigenvalue weighted by molar-refractivity contribution is -0.384. The van der Waals surface area contributed by atoms with Crippen LogP contribution in [0.1, 0.15) is 29.8 Å². The minimum Gasteiger partial charge on any atom is -0.333 e. The summed E-state index contributed by atoms with van der Waals surface area (Å²) in [6.07, 6.45) is 0. The van der Waals surface area contributed by atoms with Gasteiger partial charge in [-0.2, -0.15) is 0 Å². The van der Waals surface area contributed by atoms with Gasteiger partial charge in [0.05, 0.1) is 4.92 Å². The van der Waals surface area contributed by atoms with Crippen LogP contribution in [-0.4, -0.2) is 40.9 Å². The summed E-state index contributed by atoms with van der Waals surface area (Å²) < 4.78 is 0. The van der Waals surface area contributed by atoms with Crippen molar-refractivity contribution in [1.82, 2.24) is 10.2 Å². The van der Waals surface area contributed by atoms with Gasteiger partial charge >= 0.3 is 0 Å². The van der Waals surface area contributed by atoms with E-state index in [4.69, 9.17) is 0 Å². The van der Waals surface area contributed by atoms with Crippen LogP contribution in [0.2, 0.25) is 0 Å². The summed E-state index contributed by atoms with van der Waals surface area (Å²) in [5.41, 5.74) is 1.19. The van der Waals surface area contributed by atoms with Crippen molar-refractivity contribution in [3.63, 3.8) is 0 Å². The maximum atomic E-state index is 12.6. The molecule has 1 aromatic rings. The molecule has 2 atom stereocenters. The predicted octanol–water partition coefficient (Wildman–Crippen LogP) is 2.15. The van der Waals surface area contributed by atoms with Gasteiger partial charge in [-0.25, -0.2) is 0 Å². The minimum absolute atomic E-state index is 0. The molecule has 1 amide bonds. The molecule has 0 aliphatic carbocycles. The van der Waals surface area contributed by atoms with E-state index in [1.807, 2.05) is 18.7 Å². The Labute approximate surface area is 130 Å². The van der Waals surface area contributed by atoms with Gasteiger partial charge in [0, 0.05) is 42.9 Å². The van der Waals surface area contributed by atoms with E-state index >= 15 is 0 Å². The number of hydrogen-bond donors (Lipinski definition) is 1. The molecule has 1 aromatic carbocycles. The van der Waals surface area contributed by atoms with Gasteiger partial charge in [0.15, 0.2) is 0 Å². The zero-order valence-corrected chi connectivity index (χ0v) is 13.1. The van der Waals surface area contributed by atoms with Crippen molar-refractivity contribution in [1.29, 1.82) is 0 Å². The lowest BCUT2D eigenvalue weighted by atomic mass is 10.0. The van der Waals surface area contributed by atoms with E-state index in [0.717, 1.165) is 6.54 Å². The summed E-state index contributed by atoms with van der Waals surface area (Å²) >= 11 is 0. The summed E-state index contributed by atoms with van der Waals surface area (Å²) in [5, 5.41) is 14.1. The number of hydrogen-bond acceptors (Lipinski definition) is 4. The zero-order chi connectivity index (χ0) is 14.9. The number of aryl methyl sites for hydroxylation is 1. The Kier molecular flexibility index (Phi) is 5.69. The van der Waals surface area contributed by atoms with Crippen molar-refractivity contribution < 1.29 is 9.72 Å². The van der Waals surface area contributed by atoms with Crippen LogP contribution in [0.4, 0.5) is 5.69 Å². The van der Waals surface area contributed by atoms with E-state index in [2.05, 4.69) is 5.32 Å². The average Bonchev–Trinajstić information content (AvgIpc) is 2.40. The van der Waals surface area contributed by atoms with Crippen molar-refractivity contribution in [3.05, 3.63) is 39.4 Å². The topological polar surface area (TPSA) is 75.5 Å². The number of carbonyl (C=O) groups is 1. The monoisotopic (exact) mass is 313 g/mol. The number of piperazine rings is 1. The predicted molar refractivity (Wildman–Crippen MR) is 83.0 cm³/mol. The second-order valence-electron chi connectivity index (χ2n) is 5.37. The number of carbonyl (C=O) groups excluding carboxylic acids is 1. The number of halogens is 1. The summed E-state index contributed by atoms with van der Waals surface area (Å²) in [7, 11) is 0. The van der Waals surface area contributed by atoms with Gasteiger partial charge in [0.1, 0.15) is 0 Å². The number of nitrogens with one attached hydrogen (secondary N) is 1. The quantitative estimate of drug-likeness (QED) is 0.670.